The largest absolute Gasteiger partial charge is 0.480 e. The zero-order valence-corrected chi connectivity index (χ0v) is 25.7. The van der Waals surface area contributed by atoms with Crippen molar-refractivity contribution in [3.63, 3.8) is 0 Å². The van der Waals surface area contributed by atoms with E-state index in [-0.39, 0.29) is 43.7 Å². The number of hydrogen-bond acceptors (Lipinski definition) is 8. The lowest BCUT2D eigenvalue weighted by molar-refractivity contribution is -0.143. The van der Waals surface area contributed by atoms with Crippen molar-refractivity contribution in [1.82, 2.24) is 26.2 Å². The zero-order valence-electron chi connectivity index (χ0n) is 25.7. The number of aliphatic imine (C=N–C) groups is 1. The molecule has 11 N–H and O–H groups in total. The first-order chi connectivity index (χ1) is 20.0. The lowest BCUT2D eigenvalue weighted by atomic mass is 10.0. The van der Waals surface area contributed by atoms with E-state index in [9.17, 15) is 28.8 Å². The molecule has 0 aromatic carbocycles. The maximum atomic E-state index is 13.7. The molecule has 0 bridgehead atoms. The molecule has 0 unspecified atom stereocenters. The molecule has 16 nitrogen and oxygen atoms in total. The number of nitrogens with zero attached hydrogens (tertiary/aromatic N) is 2. The molecule has 1 fully saturated rings. The summed E-state index contributed by atoms with van der Waals surface area (Å²) in [5.74, 6) is -4.30. The number of hydrogen-bond donors (Lipinski definition) is 8. The molecule has 1 rings (SSSR count). The Morgan fingerprint density at radius 3 is 2.14 bits per heavy atom. The Hall–Kier alpha value is -3.95. The predicted octanol–water partition coefficient (Wildman–Crippen LogP) is -2.26. The fourth-order valence-corrected chi connectivity index (χ4v) is 4.50. The Morgan fingerprint density at radius 1 is 0.930 bits per heavy atom. The van der Waals surface area contributed by atoms with Gasteiger partial charge in [0.15, 0.2) is 5.96 Å². The Labute approximate surface area is 252 Å². The number of rotatable bonds is 17. The molecule has 1 aliphatic heterocycles. The summed E-state index contributed by atoms with van der Waals surface area (Å²) in [6, 6.07) is -4.72. The Kier molecular flexibility index (Phi) is 15.4. The number of nitrogens with one attached hydrogen (secondary N) is 4. The molecule has 244 valence electrons. The first-order valence-corrected chi connectivity index (χ1v) is 14.6. The highest BCUT2D eigenvalue weighted by molar-refractivity contribution is 5.96. The summed E-state index contributed by atoms with van der Waals surface area (Å²) >= 11 is 0. The van der Waals surface area contributed by atoms with Gasteiger partial charge in [-0.05, 0) is 50.9 Å². The van der Waals surface area contributed by atoms with E-state index in [0.717, 1.165) is 0 Å². The highest BCUT2D eigenvalue weighted by Gasteiger charge is 2.39. The first-order valence-electron chi connectivity index (χ1n) is 14.6. The van der Waals surface area contributed by atoms with Crippen LogP contribution in [0.25, 0.3) is 0 Å². The van der Waals surface area contributed by atoms with Crippen molar-refractivity contribution in [2.75, 3.05) is 19.6 Å². The second-order valence-corrected chi connectivity index (χ2v) is 11.5. The van der Waals surface area contributed by atoms with E-state index in [1.54, 1.807) is 13.8 Å². The van der Waals surface area contributed by atoms with Crippen LogP contribution in [-0.2, 0) is 28.8 Å². The lowest BCUT2D eigenvalue weighted by Crippen LogP contribution is -2.58. The third kappa shape index (κ3) is 12.8. The number of carbonyl (C=O) groups is 6. The van der Waals surface area contributed by atoms with E-state index < -0.39 is 72.3 Å². The van der Waals surface area contributed by atoms with Crippen molar-refractivity contribution in [1.29, 1.82) is 0 Å². The van der Waals surface area contributed by atoms with Crippen molar-refractivity contribution in [2.24, 2.45) is 34.0 Å². The van der Waals surface area contributed by atoms with Gasteiger partial charge in [-0.2, -0.15) is 0 Å². The predicted molar refractivity (Wildman–Crippen MR) is 159 cm³/mol. The van der Waals surface area contributed by atoms with Crippen molar-refractivity contribution < 1.29 is 33.9 Å². The minimum atomic E-state index is -1.25. The molecule has 1 saturated heterocycles. The van der Waals surface area contributed by atoms with E-state index in [4.69, 9.17) is 22.3 Å². The summed E-state index contributed by atoms with van der Waals surface area (Å²) in [6.45, 7) is 8.65. The van der Waals surface area contributed by atoms with Crippen molar-refractivity contribution >= 4 is 41.5 Å². The third-order valence-corrected chi connectivity index (χ3v) is 6.93. The highest BCUT2D eigenvalue weighted by atomic mass is 16.4. The first kappa shape index (κ1) is 37.1. The van der Waals surface area contributed by atoms with Crippen LogP contribution in [0.3, 0.4) is 0 Å². The van der Waals surface area contributed by atoms with E-state index in [2.05, 4.69) is 26.3 Å². The summed E-state index contributed by atoms with van der Waals surface area (Å²) in [6.07, 6.45) is 1.57. The van der Waals surface area contributed by atoms with Gasteiger partial charge in [-0.25, -0.2) is 0 Å². The second kappa shape index (κ2) is 17.9. The molecule has 0 aromatic heterocycles. The summed E-state index contributed by atoms with van der Waals surface area (Å²) in [7, 11) is 0. The number of carboxylic acid groups (broad SMARTS) is 1. The number of aliphatic carboxylic acids is 1. The SMILES string of the molecule is CC(C)C[C@H](NC(=O)[C@H](C)NC(=O)[C@@H](N)C(C)C)C(=O)N1CCC[C@H]1C(=O)N[C@@H](CCCN=C(N)N)C(=O)NCC(=O)O. The molecule has 0 aliphatic carbocycles. The van der Waals surface area contributed by atoms with Crippen LogP contribution in [0.4, 0.5) is 0 Å². The molecular formula is C27H49N9O7. The van der Waals surface area contributed by atoms with Crippen LogP contribution in [0.1, 0.15) is 66.7 Å². The maximum Gasteiger partial charge on any atom is 0.322 e. The van der Waals surface area contributed by atoms with Crippen LogP contribution in [0.2, 0.25) is 0 Å². The Balaban J connectivity index is 3.02. The monoisotopic (exact) mass is 611 g/mol. The minimum Gasteiger partial charge on any atom is -0.480 e. The van der Waals surface area contributed by atoms with Gasteiger partial charge < -0.3 is 48.5 Å². The van der Waals surface area contributed by atoms with E-state index >= 15 is 0 Å². The average molecular weight is 612 g/mol. The number of guanidine groups is 1. The normalized spacial score (nSPS) is 17.4. The van der Waals surface area contributed by atoms with Crippen LogP contribution in [-0.4, -0.2) is 101 Å². The van der Waals surface area contributed by atoms with Gasteiger partial charge in [0.2, 0.25) is 29.5 Å². The maximum absolute atomic E-state index is 13.7. The molecule has 0 spiro atoms. The molecule has 0 saturated carbocycles. The van der Waals surface area contributed by atoms with E-state index in [0.29, 0.717) is 19.3 Å². The number of carbonyl (C=O) groups excluding carboxylic acids is 5. The summed E-state index contributed by atoms with van der Waals surface area (Å²) in [4.78, 5) is 81.2. The van der Waals surface area contributed by atoms with Gasteiger partial charge in [0.25, 0.3) is 0 Å². The van der Waals surface area contributed by atoms with Gasteiger partial charge >= 0.3 is 5.97 Å². The number of carboxylic acids is 1. The van der Waals surface area contributed by atoms with Crippen molar-refractivity contribution in [2.45, 2.75) is 96.9 Å². The van der Waals surface area contributed by atoms with E-state index in [1.807, 2.05) is 13.8 Å². The van der Waals surface area contributed by atoms with Gasteiger partial charge in [-0.15, -0.1) is 0 Å². The quantitative estimate of drug-likeness (QED) is 0.0497. The lowest BCUT2D eigenvalue weighted by Gasteiger charge is -2.31. The van der Waals surface area contributed by atoms with Crippen LogP contribution in [0.5, 0.6) is 0 Å². The fraction of sp³-hybridized carbons (Fsp3) is 0.741. The average Bonchev–Trinajstić information content (AvgIpc) is 3.41. The van der Waals surface area contributed by atoms with Crippen LogP contribution >= 0.6 is 0 Å². The Bertz CT molecular complexity index is 1030. The molecule has 16 heteroatoms. The van der Waals surface area contributed by atoms with Crippen LogP contribution in [0, 0.1) is 11.8 Å². The number of amides is 5. The smallest absolute Gasteiger partial charge is 0.322 e. The van der Waals surface area contributed by atoms with Crippen molar-refractivity contribution in [3.8, 4) is 0 Å². The molecule has 1 heterocycles. The van der Waals surface area contributed by atoms with E-state index in [1.165, 1.54) is 11.8 Å². The minimum absolute atomic E-state index is 0.0101. The zero-order chi connectivity index (χ0) is 32.9. The van der Waals surface area contributed by atoms with Gasteiger partial charge in [0.05, 0.1) is 6.04 Å². The molecule has 0 aromatic rings. The van der Waals surface area contributed by atoms with Gasteiger partial charge in [-0.1, -0.05) is 27.7 Å². The summed E-state index contributed by atoms with van der Waals surface area (Å²) in [5.41, 5.74) is 16.5. The van der Waals surface area contributed by atoms with Crippen LogP contribution in [0.15, 0.2) is 4.99 Å². The standard InChI is InChI=1S/C27H49N9O7/c1-14(2)12-18(35-22(39)16(5)33-25(42)21(28)15(3)4)26(43)36-11-7-9-19(36)24(41)34-17(8-6-10-31-27(29)30)23(40)32-13-20(37)38/h14-19,21H,6-13,28H2,1-5H3,(H,32,40)(H,33,42)(H,34,41)(H,35,39)(H,37,38)(H4,29,30,31)/t16-,17-,18-,19-,21-/m0/s1. The number of likely N-dealkylation sites (tertiary alicyclic amines) is 1. The van der Waals surface area contributed by atoms with Gasteiger partial charge in [0, 0.05) is 13.1 Å². The molecule has 5 amide bonds. The molecule has 1 aliphatic rings. The van der Waals surface area contributed by atoms with Gasteiger partial charge in [-0.3, -0.25) is 33.8 Å². The molecule has 0 radical (unpaired) electrons. The molecule has 43 heavy (non-hydrogen) atoms. The topological polar surface area (TPSA) is 264 Å². The van der Waals surface area contributed by atoms with Crippen LogP contribution < -0.4 is 38.5 Å². The fourth-order valence-electron chi connectivity index (χ4n) is 4.50. The Morgan fingerprint density at radius 2 is 1.58 bits per heavy atom. The second-order valence-electron chi connectivity index (χ2n) is 11.5. The highest BCUT2D eigenvalue weighted by Crippen LogP contribution is 2.21. The summed E-state index contributed by atoms with van der Waals surface area (Å²) in [5, 5.41) is 19.1. The van der Waals surface area contributed by atoms with Gasteiger partial charge in [0.1, 0.15) is 30.7 Å². The third-order valence-electron chi connectivity index (χ3n) is 6.93. The number of nitrogens with two attached hydrogens (primary N) is 3. The molecule has 5 atom stereocenters. The molecular weight excluding hydrogens is 562 g/mol. The van der Waals surface area contributed by atoms with Crippen molar-refractivity contribution in [3.05, 3.63) is 0 Å². The summed E-state index contributed by atoms with van der Waals surface area (Å²) < 4.78 is 0.